The number of ether oxygens (including phenoxy) is 2. The van der Waals surface area contributed by atoms with Crippen molar-refractivity contribution in [3.63, 3.8) is 0 Å². The molecule has 0 bridgehead atoms. The van der Waals surface area contributed by atoms with Gasteiger partial charge in [-0.2, -0.15) is 0 Å². The third kappa shape index (κ3) is 3.07. The zero-order valence-electron chi connectivity index (χ0n) is 9.17. The fourth-order valence-corrected chi connectivity index (χ4v) is 1.52. The molecule has 0 amide bonds. The van der Waals surface area contributed by atoms with Gasteiger partial charge in [0.2, 0.25) is 0 Å². The van der Waals surface area contributed by atoms with Gasteiger partial charge >= 0.3 is 0 Å². The Morgan fingerprint density at radius 3 is 2.29 bits per heavy atom. The van der Waals surface area contributed by atoms with E-state index < -0.39 is 0 Å². The summed E-state index contributed by atoms with van der Waals surface area (Å²) in [6, 6.07) is 0. The first-order valence-electron chi connectivity index (χ1n) is 5.00. The molecule has 0 fully saturated rings. The summed E-state index contributed by atoms with van der Waals surface area (Å²) in [5.74, 6) is 2.37. The van der Waals surface area contributed by atoms with Gasteiger partial charge in [-0.05, 0) is 18.7 Å². The van der Waals surface area contributed by atoms with E-state index in [0.29, 0.717) is 5.92 Å². The predicted octanol–water partition coefficient (Wildman–Crippen LogP) is 1.68. The van der Waals surface area contributed by atoms with Gasteiger partial charge in [0.1, 0.15) is 0 Å². The van der Waals surface area contributed by atoms with Crippen LogP contribution in [-0.2, 0) is 9.47 Å². The Labute approximate surface area is 85.8 Å². The summed E-state index contributed by atoms with van der Waals surface area (Å²) in [5.41, 5.74) is 0. The quantitative estimate of drug-likeness (QED) is 0.727. The van der Waals surface area contributed by atoms with Crippen LogP contribution in [0.15, 0.2) is 23.7 Å². The van der Waals surface area contributed by atoms with E-state index in [1.54, 1.807) is 14.2 Å². The maximum atomic E-state index is 5.25. The van der Waals surface area contributed by atoms with Gasteiger partial charge in [0.25, 0.3) is 0 Å². The zero-order valence-corrected chi connectivity index (χ0v) is 9.17. The van der Waals surface area contributed by atoms with Crippen molar-refractivity contribution in [1.82, 2.24) is 5.32 Å². The molecule has 1 rings (SSSR count). The monoisotopic (exact) mass is 197 g/mol. The van der Waals surface area contributed by atoms with E-state index in [0.717, 1.165) is 31.0 Å². The lowest BCUT2D eigenvalue weighted by Crippen LogP contribution is -2.22. The second kappa shape index (κ2) is 5.70. The number of nitrogens with one attached hydrogen (secondary N) is 1. The molecule has 3 nitrogen and oxygen atoms in total. The highest BCUT2D eigenvalue weighted by atomic mass is 16.5. The first kappa shape index (κ1) is 11.1. The Kier molecular flexibility index (Phi) is 4.53. The van der Waals surface area contributed by atoms with Gasteiger partial charge in [0.15, 0.2) is 0 Å². The molecule has 0 spiro atoms. The van der Waals surface area contributed by atoms with Crippen LogP contribution in [0.4, 0.5) is 0 Å². The minimum absolute atomic E-state index is 0.383. The molecule has 80 valence electrons. The summed E-state index contributed by atoms with van der Waals surface area (Å²) >= 11 is 0. The van der Waals surface area contributed by atoms with Crippen LogP contribution in [0.1, 0.15) is 13.3 Å². The van der Waals surface area contributed by atoms with Crippen molar-refractivity contribution in [3.8, 4) is 0 Å². The lowest BCUT2D eigenvalue weighted by Gasteiger charge is -2.19. The highest BCUT2D eigenvalue weighted by Gasteiger charge is 2.14. The van der Waals surface area contributed by atoms with Crippen molar-refractivity contribution in [1.29, 1.82) is 0 Å². The second-order valence-electron chi connectivity index (χ2n) is 3.32. The first-order valence-corrected chi connectivity index (χ1v) is 5.00. The Bertz CT molecular complexity index is 213. The topological polar surface area (TPSA) is 30.5 Å². The third-order valence-electron chi connectivity index (χ3n) is 2.30. The Hall–Kier alpha value is -0.960. The van der Waals surface area contributed by atoms with Crippen molar-refractivity contribution < 1.29 is 9.47 Å². The van der Waals surface area contributed by atoms with E-state index in [1.165, 1.54) is 0 Å². The van der Waals surface area contributed by atoms with Crippen LogP contribution < -0.4 is 5.32 Å². The minimum atomic E-state index is 0.383. The minimum Gasteiger partial charge on any atom is -0.501 e. The average molecular weight is 197 g/mol. The van der Waals surface area contributed by atoms with Gasteiger partial charge in [-0.15, -0.1) is 0 Å². The number of hydrogen-bond acceptors (Lipinski definition) is 3. The van der Waals surface area contributed by atoms with Crippen molar-refractivity contribution in [2.75, 3.05) is 27.3 Å². The van der Waals surface area contributed by atoms with E-state index in [1.807, 2.05) is 0 Å². The van der Waals surface area contributed by atoms with Crippen LogP contribution in [0.5, 0.6) is 0 Å². The van der Waals surface area contributed by atoms with Crippen LogP contribution >= 0.6 is 0 Å². The molecule has 0 heterocycles. The van der Waals surface area contributed by atoms with E-state index >= 15 is 0 Å². The van der Waals surface area contributed by atoms with Gasteiger partial charge in [-0.3, -0.25) is 0 Å². The lowest BCUT2D eigenvalue weighted by atomic mass is 10.0. The highest BCUT2D eigenvalue weighted by Crippen LogP contribution is 2.22. The van der Waals surface area contributed by atoms with Gasteiger partial charge in [0, 0.05) is 12.5 Å². The van der Waals surface area contributed by atoms with Crippen LogP contribution in [0.2, 0.25) is 0 Å². The average Bonchev–Trinajstić information content (AvgIpc) is 2.25. The van der Waals surface area contributed by atoms with Gasteiger partial charge in [0.05, 0.1) is 32.2 Å². The SMILES string of the molecule is CCNCC1C=C(OC)CC(OC)=C1. The van der Waals surface area contributed by atoms with Gasteiger partial charge in [-0.25, -0.2) is 0 Å². The van der Waals surface area contributed by atoms with E-state index in [9.17, 15) is 0 Å². The molecule has 0 saturated heterocycles. The molecule has 0 unspecified atom stereocenters. The summed E-state index contributed by atoms with van der Waals surface area (Å²) in [5, 5.41) is 3.31. The van der Waals surface area contributed by atoms with Gasteiger partial charge in [-0.1, -0.05) is 6.92 Å². The molecule has 0 aromatic heterocycles. The Balaban J connectivity index is 2.57. The Morgan fingerprint density at radius 1 is 1.29 bits per heavy atom. The van der Waals surface area contributed by atoms with Crippen molar-refractivity contribution in [3.05, 3.63) is 23.7 Å². The van der Waals surface area contributed by atoms with E-state index in [2.05, 4.69) is 24.4 Å². The molecule has 0 radical (unpaired) electrons. The number of hydrogen-bond donors (Lipinski definition) is 1. The van der Waals surface area contributed by atoms with E-state index in [-0.39, 0.29) is 0 Å². The lowest BCUT2D eigenvalue weighted by molar-refractivity contribution is 0.228. The molecule has 0 aliphatic heterocycles. The number of methoxy groups -OCH3 is 2. The molecule has 0 aromatic carbocycles. The highest BCUT2D eigenvalue weighted by molar-refractivity contribution is 5.18. The molecule has 0 aromatic rings. The van der Waals surface area contributed by atoms with Crippen LogP contribution in [0.25, 0.3) is 0 Å². The fourth-order valence-electron chi connectivity index (χ4n) is 1.52. The predicted molar refractivity (Wildman–Crippen MR) is 56.8 cm³/mol. The zero-order chi connectivity index (χ0) is 10.4. The molecule has 0 atom stereocenters. The molecule has 0 saturated carbocycles. The molecule has 3 heteroatoms. The standard InChI is InChI=1S/C11H19NO2/c1-4-12-8-9-5-10(13-2)7-11(6-9)14-3/h5-6,9,12H,4,7-8H2,1-3H3. The summed E-state index contributed by atoms with van der Waals surface area (Å²) < 4.78 is 10.5. The normalized spacial score (nSPS) is 17.4. The molecule has 1 N–H and O–H groups in total. The van der Waals surface area contributed by atoms with Crippen molar-refractivity contribution >= 4 is 0 Å². The first-order chi connectivity index (χ1) is 6.80. The third-order valence-corrected chi connectivity index (χ3v) is 2.30. The smallest absolute Gasteiger partial charge is 0.0997 e. The molecular weight excluding hydrogens is 178 g/mol. The number of rotatable bonds is 5. The summed E-state index contributed by atoms with van der Waals surface area (Å²) in [4.78, 5) is 0. The van der Waals surface area contributed by atoms with Crippen LogP contribution in [0, 0.1) is 5.92 Å². The molecule has 14 heavy (non-hydrogen) atoms. The fraction of sp³-hybridized carbons (Fsp3) is 0.636. The summed E-state index contributed by atoms with van der Waals surface area (Å²) in [6.45, 7) is 4.03. The van der Waals surface area contributed by atoms with E-state index in [4.69, 9.17) is 9.47 Å². The maximum absolute atomic E-state index is 5.25. The second-order valence-corrected chi connectivity index (χ2v) is 3.32. The van der Waals surface area contributed by atoms with Crippen molar-refractivity contribution in [2.24, 2.45) is 5.92 Å². The van der Waals surface area contributed by atoms with Crippen molar-refractivity contribution in [2.45, 2.75) is 13.3 Å². The largest absolute Gasteiger partial charge is 0.501 e. The molecular formula is C11H19NO2. The maximum Gasteiger partial charge on any atom is 0.0997 e. The van der Waals surface area contributed by atoms with Crippen LogP contribution in [0.3, 0.4) is 0 Å². The Morgan fingerprint density at radius 2 is 1.86 bits per heavy atom. The molecule has 1 aliphatic carbocycles. The van der Waals surface area contributed by atoms with Crippen LogP contribution in [-0.4, -0.2) is 27.3 Å². The molecule has 1 aliphatic rings. The summed E-state index contributed by atoms with van der Waals surface area (Å²) in [6.07, 6.45) is 5.06. The van der Waals surface area contributed by atoms with Gasteiger partial charge < -0.3 is 14.8 Å². The summed E-state index contributed by atoms with van der Waals surface area (Å²) in [7, 11) is 3.41.